The van der Waals surface area contributed by atoms with E-state index in [0.29, 0.717) is 33.0 Å². The predicted molar refractivity (Wildman–Crippen MR) is 85.0 cm³/mol. The van der Waals surface area contributed by atoms with Crippen LogP contribution in [0.3, 0.4) is 0 Å². The number of hydrogen-bond acceptors (Lipinski definition) is 5. The van der Waals surface area contributed by atoms with Crippen LogP contribution >= 0.6 is 0 Å². The minimum atomic E-state index is -0.0726. The maximum Gasteiger partial charge on any atom is 0.309 e. The average Bonchev–Trinajstić information content (AvgIpc) is 2.55. The molecule has 0 atom stereocenters. The van der Waals surface area contributed by atoms with Crippen LogP contribution in [0.4, 0.5) is 0 Å². The second-order valence-electron chi connectivity index (χ2n) is 5.09. The van der Waals surface area contributed by atoms with Gasteiger partial charge in [-0.15, -0.1) is 0 Å². The zero-order chi connectivity index (χ0) is 16.2. The number of ether oxygens (including phenoxy) is 3. The largest absolute Gasteiger partial charge is 0.466 e. The van der Waals surface area contributed by atoms with E-state index >= 15 is 0 Å². The number of nitrogens with zero attached hydrogens (tertiary/aromatic N) is 2. The summed E-state index contributed by atoms with van der Waals surface area (Å²) in [6.07, 6.45) is 1.62. The normalized spacial score (nSPS) is 16.7. The number of carbonyl (C=O) groups excluding carboxylic acids is 1. The van der Waals surface area contributed by atoms with Gasteiger partial charge in [0.1, 0.15) is 0 Å². The lowest BCUT2D eigenvalue weighted by atomic mass is 9.97. The maximum absolute atomic E-state index is 11.7. The molecule has 0 aromatic rings. The Balaban J connectivity index is 2.24. The van der Waals surface area contributed by atoms with Crippen molar-refractivity contribution in [1.29, 1.82) is 0 Å². The second-order valence-corrected chi connectivity index (χ2v) is 5.09. The topological polar surface area (TPSA) is 72.4 Å². The molecule has 0 aliphatic carbocycles. The Hall–Kier alpha value is -1.34. The molecule has 1 saturated heterocycles. The van der Waals surface area contributed by atoms with Gasteiger partial charge in [-0.05, 0) is 19.8 Å². The Kier molecular flexibility index (Phi) is 9.57. The van der Waals surface area contributed by atoms with Gasteiger partial charge in [0.2, 0.25) is 0 Å². The SMILES string of the molecule is CCOC(=O)C1CCN(C(=NC)NCCOCCOC)CC1. The number of hydrogen-bond donors (Lipinski definition) is 1. The van der Waals surface area contributed by atoms with Crippen LogP contribution in [0.2, 0.25) is 0 Å². The first-order valence-corrected chi connectivity index (χ1v) is 7.91. The van der Waals surface area contributed by atoms with Crippen LogP contribution in [0.1, 0.15) is 19.8 Å². The molecular formula is C15H29N3O4. The molecule has 1 aliphatic heterocycles. The lowest BCUT2D eigenvalue weighted by Crippen LogP contribution is -2.47. The molecule has 1 fully saturated rings. The molecule has 7 heteroatoms. The fourth-order valence-corrected chi connectivity index (χ4v) is 2.40. The van der Waals surface area contributed by atoms with Crippen molar-refractivity contribution in [2.75, 3.05) is 60.2 Å². The number of aliphatic imine (C=N–C) groups is 1. The number of methoxy groups -OCH3 is 1. The highest BCUT2D eigenvalue weighted by molar-refractivity contribution is 5.80. The van der Waals surface area contributed by atoms with E-state index in [1.54, 1.807) is 14.2 Å². The Bertz CT molecular complexity index is 342. The highest BCUT2D eigenvalue weighted by atomic mass is 16.5. The number of esters is 1. The summed E-state index contributed by atoms with van der Waals surface area (Å²) in [7, 11) is 3.43. The molecule has 1 heterocycles. The van der Waals surface area contributed by atoms with Crippen molar-refractivity contribution in [3.63, 3.8) is 0 Å². The maximum atomic E-state index is 11.7. The van der Waals surface area contributed by atoms with Gasteiger partial charge >= 0.3 is 5.97 Å². The summed E-state index contributed by atoms with van der Waals surface area (Å²) in [5.41, 5.74) is 0. The molecule has 0 aromatic heterocycles. The van der Waals surface area contributed by atoms with Gasteiger partial charge in [-0.1, -0.05) is 0 Å². The van der Waals surface area contributed by atoms with Gasteiger partial charge in [0, 0.05) is 33.8 Å². The first-order chi connectivity index (χ1) is 10.7. The van der Waals surface area contributed by atoms with E-state index in [2.05, 4.69) is 15.2 Å². The average molecular weight is 315 g/mol. The summed E-state index contributed by atoms with van der Waals surface area (Å²) in [6, 6.07) is 0. The zero-order valence-electron chi connectivity index (χ0n) is 14.0. The molecule has 128 valence electrons. The Morgan fingerprint density at radius 2 is 2.00 bits per heavy atom. The molecule has 1 N–H and O–H groups in total. The Labute approximate surface area is 133 Å². The summed E-state index contributed by atoms with van der Waals surface area (Å²) < 4.78 is 15.4. The van der Waals surface area contributed by atoms with E-state index < -0.39 is 0 Å². The third-order valence-corrected chi connectivity index (χ3v) is 3.59. The summed E-state index contributed by atoms with van der Waals surface area (Å²) in [5.74, 6) is 0.806. The van der Waals surface area contributed by atoms with Gasteiger partial charge in [0.05, 0.1) is 32.3 Å². The highest BCUT2D eigenvalue weighted by Gasteiger charge is 2.27. The highest BCUT2D eigenvalue weighted by Crippen LogP contribution is 2.18. The molecule has 1 rings (SSSR count). The molecule has 0 amide bonds. The first-order valence-electron chi connectivity index (χ1n) is 7.91. The first kappa shape index (κ1) is 18.7. The van der Waals surface area contributed by atoms with Crippen molar-refractivity contribution in [2.24, 2.45) is 10.9 Å². The van der Waals surface area contributed by atoms with Crippen molar-refractivity contribution in [1.82, 2.24) is 10.2 Å². The molecule has 0 saturated carbocycles. The Morgan fingerprint density at radius 3 is 2.59 bits per heavy atom. The zero-order valence-corrected chi connectivity index (χ0v) is 14.0. The standard InChI is InChI=1S/C15H29N3O4/c1-4-22-14(19)13-5-8-18(9-6-13)15(16-2)17-7-10-21-12-11-20-3/h13H,4-12H2,1-3H3,(H,16,17). The fraction of sp³-hybridized carbons (Fsp3) is 0.867. The molecule has 7 nitrogen and oxygen atoms in total. The van der Waals surface area contributed by atoms with Crippen molar-refractivity contribution in [2.45, 2.75) is 19.8 Å². The van der Waals surface area contributed by atoms with Gasteiger partial charge in [0.15, 0.2) is 5.96 Å². The molecule has 1 aliphatic rings. The number of guanidine groups is 1. The fourth-order valence-electron chi connectivity index (χ4n) is 2.40. The lowest BCUT2D eigenvalue weighted by molar-refractivity contribution is -0.149. The second kappa shape index (κ2) is 11.3. The van der Waals surface area contributed by atoms with Gasteiger partial charge < -0.3 is 24.4 Å². The van der Waals surface area contributed by atoms with Crippen LogP contribution in [-0.2, 0) is 19.0 Å². The van der Waals surface area contributed by atoms with Crippen LogP contribution in [0.5, 0.6) is 0 Å². The summed E-state index contributed by atoms with van der Waals surface area (Å²) in [6.45, 7) is 6.44. The van der Waals surface area contributed by atoms with E-state index in [0.717, 1.165) is 31.9 Å². The number of piperidine rings is 1. The number of rotatable bonds is 8. The molecule has 0 radical (unpaired) electrons. The lowest BCUT2D eigenvalue weighted by Gasteiger charge is -2.33. The van der Waals surface area contributed by atoms with Crippen LogP contribution < -0.4 is 5.32 Å². The quantitative estimate of drug-likeness (QED) is 0.304. The van der Waals surface area contributed by atoms with E-state index in [9.17, 15) is 4.79 Å². The van der Waals surface area contributed by atoms with Gasteiger partial charge in [-0.25, -0.2) is 0 Å². The van der Waals surface area contributed by atoms with Crippen molar-refractivity contribution >= 4 is 11.9 Å². The minimum Gasteiger partial charge on any atom is -0.466 e. The van der Waals surface area contributed by atoms with E-state index in [-0.39, 0.29) is 11.9 Å². The number of likely N-dealkylation sites (tertiary alicyclic amines) is 1. The molecule has 0 aromatic carbocycles. The van der Waals surface area contributed by atoms with Gasteiger partial charge in [-0.2, -0.15) is 0 Å². The molecule has 0 unspecified atom stereocenters. The molecule has 0 bridgehead atoms. The van der Waals surface area contributed by atoms with Crippen LogP contribution in [0.25, 0.3) is 0 Å². The summed E-state index contributed by atoms with van der Waals surface area (Å²) in [5, 5.41) is 3.28. The molecule has 22 heavy (non-hydrogen) atoms. The third-order valence-electron chi connectivity index (χ3n) is 3.59. The summed E-state index contributed by atoms with van der Waals surface area (Å²) in [4.78, 5) is 18.2. The van der Waals surface area contributed by atoms with E-state index in [1.165, 1.54) is 0 Å². The third kappa shape index (κ3) is 6.62. The molecule has 0 spiro atoms. The van der Waals surface area contributed by atoms with E-state index in [1.807, 2.05) is 6.92 Å². The van der Waals surface area contributed by atoms with E-state index in [4.69, 9.17) is 14.2 Å². The monoisotopic (exact) mass is 315 g/mol. The number of nitrogens with one attached hydrogen (secondary N) is 1. The predicted octanol–water partition coefficient (Wildman–Crippen LogP) is 0.500. The smallest absolute Gasteiger partial charge is 0.309 e. The van der Waals surface area contributed by atoms with Crippen LogP contribution in [-0.4, -0.2) is 77.0 Å². The van der Waals surface area contributed by atoms with Crippen molar-refractivity contribution < 1.29 is 19.0 Å². The summed E-state index contributed by atoms with van der Waals surface area (Å²) >= 11 is 0. The molecular weight excluding hydrogens is 286 g/mol. The van der Waals surface area contributed by atoms with Crippen molar-refractivity contribution in [3.05, 3.63) is 0 Å². The van der Waals surface area contributed by atoms with Crippen molar-refractivity contribution in [3.8, 4) is 0 Å². The van der Waals surface area contributed by atoms with Gasteiger partial charge in [-0.3, -0.25) is 9.79 Å². The minimum absolute atomic E-state index is 0.0201. The van der Waals surface area contributed by atoms with Gasteiger partial charge in [0.25, 0.3) is 0 Å². The van der Waals surface area contributed by atoms with Crippen LogP contribution in [0, 0.1) is 5.92 Å². The van der Waals surface area contributed by atoms with Crippen LogP contribution in [0.15, 0.2) is 4.99 Å². The number of carbonyl (C=O) groups is 1. The Morgan fingerprint density at radius 1 is 1.27 bits per heavy atom.